The Bertz CT molecular complexity index is 518. The lowest BCUT2D eigenvalue weighted by atomic mass is 10.2. The summed E-state index contributed by atoms with van der Waals surface area (Å²) in [7, 11) is 0. The van der Waals surface area contributed by atoms with Crippen LogP contribution in [0.3, 0.4) is 0 Å². The van der Waals surface area contributed by atoms with Crippen molar-refractivity contribution < 1.29 is 0 Å². The molecule has 0 aliphatic heterocycles. The van der Waals surface area contributed by atoms with Gasteiger partial charge in [-0.2, -0.15) is 0 Å². The van der Waals surface area contributed by atoms with Crippen molar-refractivity contribution in [1.82, 2.24) is 19.5 Å². The number of aromatic nitrogens is 4. The Labute approximate surface area is 107 Å². The number of aryl methyl sites for hydroxylation is 1. The average Bonchev–Trinajstić information content (AvgIpc) is 2.85. The van der Waals surface area contributed by atoms with E-state index in [0.717, 1.165) is 42.4 Å². The monoisotopic (exact) mass is 245 g/mol. The lowest BCUT2D eigenvalue weighted by molar-refractivity contribution is 0.766. The number of imidazole rings is 1. The molecule has 5 heteroatoms. The molecule has 0 saturated carbocycles. The lowest BCUT2D eigenvalue weighted by Crippen LogP contribution is -2.07. The molecule has 0 radical (unpaired) electrons. The molecule has 0 amide bonds. The minimum absolute atomic E-state index is 0.885. The molecule has 0 aliphatic carbocycles. The fourth-order valence-electron chi connectivity index (χ4n) is 1.88. The summed E-state index contributed by atoms with van der Waals surface area (Å²) in [5.74, 6) is 1.80. The van der Waals surface area contributed by atoms with Crippen molar-refractivity contribution in [1.29, 1.82) is 0 Å². The maximum absolute atomic E-state index is 4.38. The largest absolute Gasteiger partial charge is 0.370 e. The van der Waals surface area contributed by atoms with Crippen LogP contribution in [-0.2, 0) is 6.54 Å². The summed E-state index contributed by atoms with van der Waals surface area (Å²) in [6.45, 7) is 8.06. The Morgan fingerprint density at radius 3 is 2.78 bits per heavy atom. The molecule has 0 aliphatic rings. The van der Waals surface area contributed by atoms with Gasteiger partial charge in [0.2, 0.25) is 0 Å². The van der Waals surface area contributed by atoms with E-state index in [1.807, 2.05) is 13.1 Å². The number of rotatable bonds is 5. The van der Waals surface area contributed by atoms with Crippen molar-refractivity contribution in [3.05, 3.63) is 24.3 Å². The molecule has 2 aromatic rings. The Hall–Kier alpha value is -1.91. The van der Waals surface area contributed by atoms with E-state index in [1.54, 1.807) is 12.5 Å². The highest BCUT2D eigenvalue weighted by Gasteiger charge is 2.12. The fourth-order valence-corrected chi connectivity index (χ4v) is 1.88. The SMILES string of the molecule is CCCNc1ncnc(-c2nccn2CC)c1C. The van der Waals surface area contributed by atoms with Crippen LogP contribution < -0.4 is 5.32 Å². The molecule has 18 heavy (non-hydrogen) atoms. The number of anilines is 1. The quantitative estimate of drug-likeness (QED) is 0.879. The summed E-state index contributed by atoms with van der Waals surface area (Å²) >= 11 is 0. The molecule has 0 saturated heterocycles. The van der Waals surface area contributed by atoms with Gasteiger partial charge in [-0.1, -0.05) is 6.92 Å². The molecule has 2 rings (SSSR count). The molecule has 5 nitrogen and oxygen atoms in total. The van der Waals surface area contributed by atoms with Crippen LogP contribution >= 0.6 is 0 Å². The number of nitrogens with one attached hydrogen (secondary N) is 1. The Morgan fingerprint density at radius 2 is 2.06 bits per heavy atom. The molecule has 1 N–H and O–H groups in total. The van der Waals surface area contributed by atoms with Gasteiger partial charge >= 0.3 is 0 Å². The summed E-state index contributed by atoms with van der Waals surface area (Å²) in [5, 5.41) is 3.31. The third-order valence-corrected chi connectivity index (χ3v) is 2.89. The third kappa shape index (κ3) is 2.34. The van der Waals surface area contributed by atoms with Crippen molar-refractivity contribution in [3.63, 3.8) is 0 Å². The second-order valence-electron chi connectivity index (χ2n) is 4.16. The first-order valence-corrected chi connectivity index (χ1v) is 6.34. The van der Waals surface area contributed by atoms with Gasteiger partial charge in [0.05, 0.1) is 0 Å². The molecule has 2 aromatic heterocycles. The minimum Gasteiger partial charge on any atom is -0.370 e. The molecule has 0 spiro atoms. The second kappa shape index (κ2) is 5.62. The van der Waals surface area contributed by atoms with Gasteiger partial charge in [0.1, 0.15) is 17.8 Å². The molecule has 0 unspecified atom stereocenters. The Balaban J connectivity index is 2.39. The first-order chi connectivity index (χ1) is 8.77. The van der Waals surface area contributed by atoms with E-state index in [4.69, 9.17) is 0 Å². The topological polar surface area (TPSA) is 55.6 Å². The van der Waals surface area contributed by atoms with Crippen LogP contribution in [0.2, 0.25) is 0 Å². The second-order valence-corrected chi connectivity index (χ2v) is 4.16. The molecular weight excluding hydrogens is 226 g/mol. The highest BCUT2D eigenvalue weighted by Crippen LogP contribution is 2.23. The van der Waals surface area contributed by atoms with Crippen molar-refractivity contribution in [2.75, 3.05) is 11.9 Å². The van der Waals surface area contributed by atoms with Crippen LogP contribution in [0.25, 0.3) is 11.5 Å². The van der Waals surface area contributed by atoms with Gasteiger partial charge in [-0.3, -0.25) is 0 Å². The van der Waals surface area contributed by atoms with E-state index in [-0.39, 0.29) is 0 Å². The van der Waals surface area contributed by atoms with Gasteiger partial charge in [-0.15, -0.1) is 0 Å². The Kier molecular flexibility index (Phi) is 3.92. The van der Waals surface area contributed by atoms with E-state index >= 15 is 0 Å². The van der Waals surface area contributed by atoms with Gasteiger partial charge in [-0.05, 0) is 20.3 Å². The van der Waals surface area contributed by atoms with Crippen LogP contribution in [0.4, 0.5) is 5.82 Å². The average molecular weight is 245 g/mol. The highest BCUT2D eigenvalue weighted by molar-refractivity contribution is 5.62. The van der Waals surface area contributed by atoms with Gasteiger partial charge in [0.15, 0.2) is 5.82 Å². The summed E-state index contributed by atoms with van der Waals surface area (Å²) in [4.78, 5) is 13.0. The van der Waals surface area contributed by atoms with Crippen LogP contribution in [-0.4, -0.2) is 26.1 Å². The van der Waals surface area contributed by atoms with Crippen LogP contribution in [0, 0.1) is 6.92 Å². The first-order valence-electron chi connectivity index (χ1n) is 6.34. The van der Waals surface area contributed by atoms with Gasteiger partial charge in [-0.25, -0.2) is 15.0 Å². The number of nitrogens with zero attached hydrogens (tertiary/aromatic N) is 4. The van der Waals surface area contributed by atoms with Crippen LogP contribution in [0.15, 0.2) is 18.7 Å². The zero-order valence-electron chi connectivity index (χ0n) is 11.1. The number of hydrogen-bond acceptors (Lipinski definition) is 4. The Morgan fingerprint density at radius 1 is 1.22 bits per heavy atom. The predicted octanol–water partition coefficient (Wildman–Crippen LogP) is 2.49. The molecule has 0 fully saturated rings. The summed E-state index contributed by atoms with van der Waals surface area (Å²) in [6, 6.07) is 0. The van der Waals surface area contributed by atoms with Crippen molar-refractivity contribution in [2.45, 2.75) is 33.7 Å². The standard InChI is InChI=1S/C13H19N5/c1-4-6-14-12-10(3)11(16-9-17-12)13-15-7-8-18(13)5-2/h7-9H,4-6H2,1-3H3,(H,14,16,17). The molecule has 0 atom stereocenters. The van der Waals surface area contributed by atoms with E-state index in [1.165, 1.54) is 0 Å². The van der Waals surface area contributed by atoms with Crippen LogP contribution in [0.1, 0.15) is 25.8 Å². The van der Waals surface area contributed by atoms with Crippen molar-refractivity contribution in [3.8, 4) is 11.5 Å². The van der Waals surface area contributed by atoms with E-state index in [2.05, 4.69) is 38.7 Å². The molecule has 0 bridgehead atoms. The maximum atomic E-state index is 4.38. The van der Waals surface area contributed by atoms with Crippen molar-refractivity contribution in [2.24, 2.45) is 0 Å². The van der Waals surface area contributed by atoms with Gasteiger partial charge in [0.25, 0.3) is 0 Å². The third-order valence-electron chi connectivity index (χ3n) is 2.89. The van der Waals surface area contributed by atoms with Crippen LogP contribution in [0.5, 0.6) is 0 Å². The summed E-state index contributed by atoms with van der Waals surface area (Å²) in [6.07, 6.45) is 6.44. The molecule has 2 heterocycles. The van der Waals surface area contributed by atoms with Gasteiger partial charge < -0.3 is 9.88 Å². The number of hydrogen-bond donors (Lipinski definition) is 1. The normalized spacial score (nSPS) is 10.6. The molecule has 0 aromatic carbocycles. The zero-order chi connectivity index (χ0) is 13.0. The predicted molar refractivity (Wildman–Crippen MR) is 72.4 cm³/mol. The zero-order valence-corrected chi connectivity index (χ0v) is 11.1. The van der Waals surface area contributed by atoms with Gasteiger partial charge in [0, 0.05) is 31.0 Å². The van der Waals surface area contributed by atoms with E-state index < -0.39 is 0 Å². The highest BCUT2D eigenvalue weighted by atomic mass is 15.1. The molecular formula is C13H19N5. The maximum Gasteiger partial charge on any atom is 0.159 e. The summed E-state index contributed by atoms with van der Waals surface area (Å²) < 4.78 is 2.08. The van der Waals surface area contributed by atoms with E-state index in [9.17, 15) is 0 Å². The minimum atomic E-state index is 0.885. The lowest BCUT2D eigenvalue weighted by Gasteiger charge is -2.11. The molecule has 96 valence electrons. The first kappa shape index (κ1) is 12.5. The summed E-state index contributed by atoms with van der Waals surface area (Å²) in [5.41, 5.74) is 1.95. The van der Waals surface area contributed by atoms with E-state index in [0.29, 0.717) is 0 Å². The smallest absolute Gasteiger partial charge is 0.159 e. The fraction of sp³-hybridized carbons (Fsp3) is 0.462. The van der Waals surface area contributed by atoms with Crippen molar-refractivity contribution >= 4 is 5.82 Å².